The Morgan fingerprint density at radius 2 is 1.92 bits per heavy atom. The molecule has 6 nitrogen and oxygen atoms in total. The first-order chi connectivity index (χ1) is 11.2. The topological polar surface area (TPSA) is 81.9 Å². The van der Waals surface area contributed by atoms with Gasteiger partial charge in [0, 0.05) is 0 Å². The SMILES string of the molecule is CC(C)(C)OC(=O)N1C[C@H](F)[C@@H](N)[C@H]1C(=O)OCc1ccccc1. The largest absolute Gasteiger partial charge is 0.459 e. The third-order valence-corrected chi connectivity index (χ3v) is 3.58. The second-order valence-corrected chi connectivity index (χ2v) is 6.76. The Balaban J connectivity index is 2.06. The molecule has 1 fully saturated rings. The summed E-state index contributed by atoms with van der Waals surface area (Å²) in [6.07, 6.45) is -2.29. The van der Waals surface area contributed by atoms with Gasteiger partial charge in [0.05, 0.1) is 12.6 Å². The molecule has 2 rings (SSSR count). The summed E-state index contributed by atoms with van der Waals surface area (Å²) in [4.78, 5) is 25.6. The lowest BCUT2D eigenvalue weighted by Gasteiger charge is -2.28. The van der Waals surface area contributed by atoms with Crippen LogP contribution < -0.4 is 5.73 Å². The molecule has 1 heterocycles. The monoisotopic (exact) mass is 338 g/mol. The van der Waals surface area contributed by atoms with Gasteiger partial charge in [0.2, 0.25) is 0 Å². The molecule has 0 aliphatic carbocycles. The minimum absolute atomic E-state index is 0.0298. The molecular weight excluding hydrogens is 315 g/mol. The Labute approximate surface area is 140 Å². The number of halogens is 1. The van der Waals surface area contributed by atoms with Crippen LogP contribution in [0.25, 0.3) is 0 Å². The van der Waals surface area contributed by atoms with E-state index in [9.17, 15) is 14.0 Å². The number of esters is 1. The van der Waals surface area contributed by atoms with E-state index in [1.165, 1.54) is 0 Å². The Bertz CT molecular complexity index is 588. The molecule has 24 heavy (non-hydrogen) atoms. The number of ether oxygens (including phenoxy) is 2. The molecule has 1 aliphatic heterocycles. The van der Waals surface area contributed by atoms with E-state index < -0.39 is 35.9 Å². The number of amides is 1. The predicted octanol–water partition coefficient (Wildman–Crippen LogP) is 2.01. The smallest absolute Gasteiger partial charge is 0.411 e. The van der Waals surface area contributed by atoms with Gasteiger partial charge in [-0.05, 0) is 26.3 Å². The van der Waals surface area contributed by atoms with E-state index in [0.29, 0.717) is 0 Å². The molecule has 1 amide bonds. The van der Waals surface area contributed by atoms with Gasteiger partial charge in [-0.25, -0.2) is 14.0 Å². The maximum Gasteiger partial charge on any atom is 0.411 e. The van der Waals surface area contributed by atoms with E-state index in [-0.39, 0.29) is 13.2 Å². The summed E-state index contributed by atoms with van der Waals surface area (Å²) in [5.74, 6) is -0.739. The normalized spacial score (nSPS) is 23.9. The summed E-state index contributed by atoms with van der Waals surface area (Å²) in [7, 11) is 0. The van der Waals surface area contributed by atoms with Crippen molar-refractivity contribution in [3.8, 4) is 0 Å². The fraction of sp³-hybridized carbons (Fsp3) is 0.529. The molecule has 0 saturated carbocycles. The molecule has 1 saturated heterocycles. The first-order valence-corrected chi connectivity index (χ1v) is 7.79. The van der Waals surface area contributed by atoms with Gasteiger partial charge in [-0.3, -0.25) is 4.90 Å². The van der Waals surface area contributed by atoms with E-state index in [0.717, 1.165) is 10.5 Å². The number of rotatable bonds is 3. The summed E-state index contributed by atoms with van der Waals surface area (Å²) >= 11 is 0. The Morgan fingerprint density at radius 3 is 2.50 bits per heavy atom. The Hall–Kier alpha value is -2.15. The van der Waals surface area contributed by atoms with Crippen LogP contribution in [0.2, 0.25) is 0 Å². The van der Waals surface area contributed by atoms with Crippen molar-refractivity contribution in [3.05, 3.63) is 35.9 Å². The van der Waals surface area contributed by atoms with E-state index >= 15 is 0 Å². The molecule has 0 spiro atoms. The molecule has 0 aromatic heterocycles. The van der Waals surface area contributed by atoms with Gasteiger partial charge in [0.1, 0.15) is 18.4 Å². The molecule has 132 valence electrons. The molecule has 1 aliphatic rings. The zero-order valence-electron chi connectivity index (χ0n) is 14.1. The lowest BCUT2D eigenvalue weighted by atomic mass is 10.1. The second kappa shape index (κ2) is 7.17. The summed E-state index contributed by atoms with van der Waals surface area (Å²) in [5.41, 5.74) is 5.79. The number of nitrogens with two attached hydrogens (primary N) is 1. The fourth-order valence-electron chi connectivity index (χ4n) is 2.44. The van der Waals surface area contributed by atoms with E-state index in [1.54, 1.807) is 32.9 Å². The Morgan fingerprint density at radius 1 is 1.29 bits per heavy atom. The summed E-state index contributed by atoms with van der Waals surface area (Å²) in [5, 5.41) is 0. The van der Waals surface area contributed by atoms with Crippen molar-refractivity contribution >= 4 is 12.1 Å². The number of hydrogen-bond donors (Lipinski definition) is 1. The Kier molecular flexibility index (Phi) is 5.43. The standard InChI is InChI=1S/C17H23FN2O4/c1-17(2,3)24-16(22)20-9-12(18)13(19)14(20)15(21)23-10-11-7-5-4-6-8-11/h4-8,12-14H,9-10,19H2,1-3H3/t12-,13+,14-/m0/s1. The molecule has 0 radical (unpaired) electrons. The van der Waals surface area contributed by atoms with Crippen LogP contribution in [0.4, 0.5) is 9.18 Å². The number of benzene rings is 1. The molecule has 0 unspecified atom stereocenters. The lowest BCUT2D eigenvalue weighted by Crippen LogP contribution is -2.50. The van der Waals surface area contributed by atoms with Crippen LogP contribution in [0, 0.1) is 0 Å². The van der Waals surface area contributed by atoms with Crippen molar-refractivity contribution in [1.82, 2.24) is 4.90 Å². The van der Waals surface area contributed by atoms with Crippen molar-refractivity contribution in [1.29, 1.82) is 0 Å². The predicted molar refractivity (Wildman–Crippen MR) is 85.8 cm³/mol. The quantitative estimate of drug-likeness (QED) is 0.853. The maximum atomic E-state index is 14.0. The zero-order valence-corrected chi connectivity index (χ0v) is 14.1. The average Bonchev–Trinajstić information content (AvgIpc) is 2.80. The first-order valence-electron chi connectivity index (χ1n) is 7.79. The number of hydrogen-bond acceptors (Lipinski definition) is 5. The average molecular weight is 338 g/mol. The van der Waals surface area contributed by atoms with Crippen molar-refractivity contribution in [2.45, 2.75) is 51.2 Å². The minimum atomic E-state index is -1.51. The number of alkyl halides is 1. The number of carbonyl (C=O) groups is 2. The first kappa shape index (κ1) is 18.2. The van der Waals surface area contributed by atoms with Crippen LogP contribution in [0.15, 0.2) is 30.3 Å². The van der Waals surface area contributed by atoms with Crippen molar-refractivity contribution < 1.29 is 23.5 Å². The highest BCUT2D eigenvalue weighted by Gasteiger charge is 2.48. The highest BCUT2D eigenvalue weighted by molar-refractivity contribution is 5.83. The molecule has 2 N–H and O–H groups in total. The van der Waals surface area contributed by atoms with Crippen LogP contribution in [0.3, 0.4) is 0 Å². The van der Waals surface area contributed by atoms with Gasteiger partial charge in [-0.15, -0.1) is 0 Å². The van der Waals surface area contributed by atoms with E-state index in [2.05, 4.69) is 0 Å². The molecule has 1 aromatic rings. The highest BCUT2D eigenvalue weighted by Crippen LogP contribution is 2.24. The van der Waals surface area contributed by atoms with Crippen molar-refractivity contribution in [2.75, 3.05) is 6.54 Å². The lowest BCUT2D eigenvalue weighted by molar-refractivity contribution is -0.150. The number of carbonyl (C=O) groups excluding carboxylic acids is 2. The fourth-order valence-corrected chi connectivity index (χ4v) is 2.44. The van der Waals surface area contributed by atoms with Crippen LogP contribution >= 0.6 is 0 Å². The van der Waals surface area contributed by atoms with Gasteiger partial charge >= 0.3 is 12.1 Å². The van der Waals surface area contributed by atoms with Gasteiger partial charge in [0.25, 0.3) is 0 Å². The minimum Gasteiger partial charge on any atom is -0.459 e. The van der Waals surface area contributed by atoms with Gasteiger partial charge in [-0.1, -0.05) is 30.3 Å². The van der Waals surface area contributed by atoms with Crippen LogP contribution in [0.5, 0.6) is 0 Å². The number of nitrogens with zero attached hydrogens (tertiary/aromatic N) is 1. The van der Waals surface area contributed by atoms with Crippen molar-refractivity contribution in [2.24, 2.45) is 5.73 Å². The molecular formula is C17H23FN2O4. The summed E-state index contributed by atoms with van der Waals surface area (Å²) in [6, 6.07) is 6.73. The summed E-state index contributed by atoms with van der Waals surface area (Å²) in [6.45, 7) is 4.81. The van der Waals surface area contributed by atoms with Gasteiger partial charge in [-0.2, -0.15) is 0 Å². The third kappa shape index (κ3) is 4.44. The van der Waals surface area contributed by atoms with Crippen LogP contribution in [0.1, 0.15) is 26.3 Å². The third-order valence-electron chi connectivity index (χ3n) is 3.58. The number of likely N-dealkylation sites (tertiary alicyclic amines) is 1. The van der Waals surface area contributed by atoms with Crippen molar-refractivity contribution in [3.63, 3.8) is 0 Å². The van der Waals surface area contributed by atoms with Gasteiger partial charge < -0.3 is 15.2 Å². The zero-order chi connectivity index (χ0) is 17.9. The summed E-state index contributed by atoms with van der Waals surface area (Å²) < 4.78 is 24.4. The van der Waals surface area contributed by atoms with Crippen LogP contribution in [-0.2, 0) is 20.9 Å². The molecule has 7 heteroatoms. The molecule has 1 aromatic carbocycles. The molecule has 0 bridgehead atoms. The van der Waals surface area contributed by atoms with E-state index in [4.69, 9.17) is 15.2 Å². The van der Waals surface area contributed by atoms with Gasteiger partial charge in [0.15, 0.2) is 6.04 Å². The van der Waals surface area contributed by atoms with Crippen LogP contribution in [-0.4, -0.2) is 47.4 Å². The van der Waals surface area contributed by atoms with E-state index in [1.807, 2.05) is 18.2 Å². The highest BCUT2D eigenvalue weighted by atomic mass is 19.1. The maximum absolute atomic E-state index is 14.0. The molecule has 3 atom stereocenters. The second-order valence-electron chi connectivity index (χ2n) is 6.76.